The molecule has 4 nitrogen and oxygen atoms in total. The Morgan fingerprint density at radius 3 is 2.78 bits per heavy atom. The molecule has 1 atom stereocenters. The lowest BCUT2D eigenvalue weighted by Gasteiger charge is -2.18. The number of carbonyl (C=O) groups is 2. The molecular weight excluding hydrogens is 328 g/mol. The number of thioether (sulfide) groups is 1. The van der Waals surface area contributed by atoms with Crippen molar-refractivity contribution in [3.63, 3.8) is 0 Å². The molecule has 0 bridgehead atoms. The third-order valence-electron chi connectivity index (χ3n) is 3.95. The Morgan fingerprint density at radius 1 is 1.26 bits per heavy atom. The number of hydrogen-bond acceptors (Lipinski definition) is 4. The van der Waals surface area contributed by atoms with E-state index in [-0.39, 0.29) is 17.7 Å². The van der Waals surface area contributed by atoms with Crippen LogP contribution in [0, 0.1) is 5.92 Å². The van der Waals surface area contributed by atoms with Gasteiger partial charge in [-0.05, 0) is 30.0 Å². The van der Waals surface area contributed by atoms with Crippen LogP contribution in [0.25, 0.3) is 0 Å². The minimum atomic E-state index is -0.319. The van der Waals surface area contributed by atoms with Gasteiger partial charge in [0.1, 0.15) is 0 Å². The van der Waals surface area contributed by atoms with Gasteiger partial charge in [-0.15, -0.1) is 23.1 Å². The van der Waals surface area contributed by atoms with Gasteiger partial charge in [0, 0.05) is 28.6 Å². The molecule has 0 saturated carbocycles. The van der Waals surface area contributed by atoms with Crippen LogP contribution >= 0.6 is 23.1 Å². The molecule has 0 aliphatic carbocycles. The fourth-order valence-electron chi connectivity index (χ4n) is 2.66. The number of amides is 2. The summed E-state index contributed by atoms with van der Waals surface area (Å²) in [5.41, 5.74) is 6.06. The van der Waals surface area contributed by atoms with Crippen LogP contribution in [-0.4, -0.2) is 29.8 Å². The van der Waals surface area contributed by atoms with E-state index in [2.05, 4.69) is 11.4 Å². The Hall–Kier alpha value is -1.79. The van der Waals surface area contributed by atoms with Gasteiger partial charge in [-0.3, -0.25) is 9.59 Å². The van der Waals surface area contributed by atoms with Gasteiger partial charge in [0.2, 0.25) is 5.91 Å². The van der Waals surface area contributed by atoms with Crippen LogP contribution in [0.3, 0.4) is 0 Å². The lowest BCUT2D eigenvalue weighted by Crippen LogP contribution is -2.32. The van der Waals surface area contributed by atoms with Crippen molar-refractivity contribution in [2.24, 2.45) is 11.7 Å². The molecule has 1 aliphatic heterocycles. The summed E-state index contributed by atoms with van der Waals surface area (Å²) in [6, 6.07) is 11.8. The van der Waals surface area contributed by atoms with Gasteiger partial charge in [-0.25, -0.2) is 0 Å². The molecule has 120 valence electrons. The zero-order valence-electron chi connectivity index (χ0n) is 12.6. The summed E-state index contributed by atoms with van der Waals surface area (Å²) in [6.07, 6.45) is 0.658. The molecule has 3 rings (SSSR count). The molecule has 2 amide bonds. The van der Waals surface area contributed by atoms with Gasteiger partial charge in [0.25, 0.3) is 5.91 Å². The summed E-state index contributed by atoms with van der Waals surface area (Å²) >= 11 is 3.39. The minimum absolute atomic E-state index is 0.0111. The van der Waals surface area contributed by atoms with E-state index in [1.807, 2.05) is 30.3 Å². The van der Waals surface area contributed by atoms with Crippen LogP contribution in [0.5, 0.6) is 0 Å². The SMILES string of the molecule is NC(=O)[C@@H]1CCN(C(=O)c2ccccc2SCc2cccs2)C1. The lowest BCUT2D eigenvalue weighted by molar-refractivity contribution is -0.121. The van der Waals surface area contributed by atoms with Gasteiger partial charge in [0.15, 0.2) is 0 Å². The molecule has 2 aromatic rings. The second-order valence-electron chi connectivity index (χ2n) is 5.50. The highest BCUT2D eigenvalue weighted by atomic mass is 32.2. The first-order valence-corrected chi connectivity index (χ1v) is 9.34. The van der Waals surface area contributed by atoms with Gasteiger partial charge >= 0.3 is 0 Å². The maximum Gasteiger partial charge on any atom is 0.255 e. The largest absolute Gasteiger partial charge is 0.369 e. The van der Waals surface area contributed by atoms with Crippen molar-refractivity contribution < 1.29 is 9.59 Å². The molecule has 0 unspecified atom stereocenters. The smallest absolute Gasteiger partial charge is 0.255 e. The predicted octanol–water partition coefficient (Wildman–Crippen LogP) is 2.99. The van der Waals surface area contributed by atoms with Crippen molar-refractivity contribution in [3.05, 3.63) is 52.2 Å². The lowest BCUT2D eigenvalue weighted by atomic mass is 10.1. The van der Waals surface area contributed by atoms with Crippen molar-refractivity contribution >= 4 is 34.9 Å². The number of nitrogens with two attached hydrogens (primary N) is 1. The van der Waals surface area contributed by atoms with E-state index in [0.717, 1.165) is 10.6 Å². The average molecular weight is 346 g/mol. The molecule has 1 aliphatic rings. The molecule has 0 spiro atoms. The summed E-state index contributed by atoms with van der Waals surface area (Å²) in [4.78, 5) is 28.0. The van der Waals surface area contributed by atoms with E-state index >= 15 is 0 Å². The van der Waals surface area contributed by atoms with Crippen LogP contribution < -0.4 is 5.73 Å². The fourth-order valence-corrected chi connectivity index (χ4v) is 4.48. The second-order valence-corrected chi connectivity index (χ2v) is 7.55. The summed E-state index contributed by atoms with van der Waals surface area (Å²) in [6.45, 7) is 1.02. The van der Waals surface area contributed by atoms with Crippen molar-refractivity contribution in [2.75, 3.05) is 13.1 Å². The number of likely N-dealkylation sites (tertiary alicyclic amines) is 1. The van der Waals surface area contributed by atoms with Gasteiger partial charge in [-0.1, -0.05) is 18.2 Å². The third-order valence-corrected chi connectivity index (χ3v) is 6.13. The van der Waals surface area contributed by atoms with Crippen molar-refractivity contribution in [2.45, 2.75) is 17.1 Å². The predicted molar refractivity (Wildman–Crippen MR) is 93.5 cm³/mol. The maximum atomic E-state index is 12.8. The number of benzene rings is 1. The number of primary amides is 1. The molecule has 6 heteroatoms. The first-order valence-electron chi connectivity index (χ1n) is 7.48. The van der Waals surface area contributed by atoms with E-state index < -0.39 is 0 Å². The molecular formula is C17H18N2O2S2. The van der Waals surface area contributed by atoms with Gasteiger partial charge in [0.05, 0.1) is 11.5 Å². The first kappa shape index (κ1) is 16.1. The quantitative estimate of drug-likeness (QED) is 0.847. The Labute approximate surface area is 143 Å². The molecule has 1 aromatic carbocycles. The zero-order chi connectivity index (χ0) is 16.2. The second kappa shape index (κ2) is 7.19. The van der Waals surface area contributed by atoms with E-state index in [4.69, 9.17) is 5.73 Å². The summed E-state index contributed by atoms with van der Waals surface area (Å²) < 4.78 is 0. The molecule has 23 heavy (non-hydrogen) atoms. The average Bonchev–Trinajstić information content (AvgIpc) is 3.24. The highest BCUT2D eigenvalue weighted by Crippen LogP contribution is 2.29. The standard InChI is InChI=1S/C17H18N2O2S2/c18-16(20)12-7-8-19(10-12)17(21)14-5-1-2-6-15(14)23-11-13-4-3-9-22-13/h1-6,9,12H,7-8,10-11H2,(H2,18,20)/t12-/m1/s1. The molecule has 2 heterocycles. The van der Waals surface area contributed by atoms with E-state index in [1.54, 1.807) is 28.0 Å². The van der Waals surface area contributed by atoms with Crippen LogP contribution in [0.2, 0.25) is 0 Å². The Bertz CT molecular complexity index is 700. The molecule has 0 radical (unpaired) electrons. The van der Waals surface area contributed by atoms with Crippen molar-refractivity contribution in [1.82, 2.24) is 4.90 Å². The van der Waals surface area contributed by atoms with Crippen LogP contribution in [0.1, 0.15) is 21.7 Å². The van der Waals surface area contributed by atoms with E-state index in [1.165, 1.54) is 4.88 Å². The Morgan fingerprint density at radius 2 is 2.09 bits per heavy atom. The highest BCUT2D eigenvalue weighted by molar-refractivity contribution is 7.98. The fraction of sp³-hybridized carbons (Fsp3) is 0.294. The topological polar surface area (TPSA) is 63.4 Å². The Kier molecular flexibility index (Phi) is 5.03. The van der Waals surface area contributed by atoms with Crippen LogP contribution in [0.4, 0.5) is 0 Å². The molecule has 1 saturated heterocycles. The number of carbonyl (C=O) groups excluding carboxylic acids is 2. The van der Waals surface area contributed by atoms with Gasteiger partial charge in [-0.2, -0.15) is 0 Å². The number of rotatable bonds is 5. The number of nitrogens with zero attached hydrogens (tertiary/aromatic N) is 1. The van der Waals surface area contributed by atoms with Crippen LogP contribution in [0.15, 0.2) is 46.7 Å². The first-order chi connectivity index (χ1) is 11.1. The summed E-state index contributed by atoms with van der Waals surface area (Å²) in [5, 5.41) is 2.06. The number of hydrogen-bond donors (Lipinski definition) is 1. The van der Waals surface area contributed by atoms with Gasteiger partial charge < -0.3 is 10.6 Å². The van der Waals surface area contributed by atoms with Crippen LogP contribution in [-0.2, 0) is 10.5 Å². The third kappa shape index (κ3) is 3.76. The summed E-state index contributed by atoms with van der Waals surface area (Å²) in [5.74, 6) is 0.305. The number of thiophene rings is 1. The van der Waals surface area contributed by atoms with Crippen molar-refractivity contribution in [3.8, 4) is 0 Å². The summed E-state index contributed by atoms with van der Waals surface area (Å²) in [7, 11) is 0. The highest BCUT2D eigenvalue weighted by Gasteiger charge is 2.30. The minimum Gasteiger partial charge on any atom is -0.369 e. The normalized spacial score (nSPS) is 17.4. The monoisotopic (exact) mass is 346 g/mol. The maximum absolute atomic E-state index is 12.8. The molecule has 2 N–H and O–H groups in total. The molecule has 1 aromatic heterocycles. The Balaban J connectivity index is 1.72. The van der Waals surface area contributed by atoms with E-state index in [0.29, 0.717) is 25.1 Å². The van der Waals surface area contributed by atoms with E-state index in [9.17, 15) is 9.59 Å². The zero-order valence-corrected chi connectivity index (χ0v) is 14.2. The molecule has 1 fully saturated rings. The van der Waals surface area contributed by atoms with Crippen molar-refractivity contribution in [1.29, 1.82) is 0 Å².